The van der Waals surface area contributed by atoms with Crippen molar-refractivity contribution in [3.05, 3.63) is 23.5 Å². The van der Waals surface area contributed by atoms with E-state index in [4.69, 9.17) is 10.3 Å². The number of pyridine rings is 1. The van der Waals surface area contributed by atoms with Crippen molar-refractivity contribution in [2.45, 2.75) is 32.7 Å². The van der Waals surface area contributed by atoms with Crippen LogP contribution < -0.4 is 11.1 Å². The highest BCUT2D eigenvalue weighted by atomic mass is 16.5. The Morgan fingerprint density at radius 3 is 2.89 bits per heavy atom. The molecule has 2 rings (SSSR count). The summed E-state index contributed by atoms with van der Waals surface area (Å²) in [6.07, 6.45) is 2.21. The molecule has 2 aromatic rings. The predicted molar refractivity (Wildman–Crippen MR) is 71.8 cm³/mol. The summed E-state index contributed by atoms with van der Waals surface area (Å²) in [7, 11) is 0. The average Bonchev–Trinajstić information content (AvgIpc) is 2.77. The van der Waals surface area contributed by atoms with Gasteiger partial charge in [0.1, 0.15) is 0 Å². The first kappa shape index (κ1) is 13.5. The van der Waals surface area contributed by atoms with E-state index in [-0.39, 0.29) is 5.91 Å². The number of carbonyl (C=O) groups is 1. The summed E-state index contributed by atoms with van der Waals surface area (Å²) < 4.78 is 5.08. The highest BCUT2D eigenvalue weighted by Gasteiger charge is 2.15. The van der Waals surface area contributed by atoms with Gasteiger partial charge in [-0.3, -0.25) is 4.79 Å². The Morgan fingerprint density at radius 1 is 1.53 bits per heavy atom. The molecule has 0 aliphatic carbocycles. The molecule has 6 nitrogen and oxygen atoms in total. The summed E-state index contributed by atoms with van der Waals surface area (Å²) in [4.78, 5) is 16.1. The van der Waals surface area contributed by atoms with Gasteiger partial charge >= 0.3 is 0 Å². The van der Waals surface area contributed by atoms with Crippen LogP contribution >= 0.6 is 0 Å². The second-order valence-corrected chi connectivity index (χ2v) is 5.23. The molecule has 0 aromatic carbocycles. The van der Waals surface area contributed by atoms with Gasteiger partial charge in [0.25, 0.3) is 11.6 Å². The molecule has 2 heterocycles. The summed E-state index contributed by atoms with van der Waals surface area (Å²) in [5.41, 5.74) is 7.12. The second-order valence-electron chi connectivity index (χ2n) is 5.23. The predicted octanol–water partition coefficient (Wildman–Crippen LogP) is 1.25. The molecule has 1 amide bonds. The Labute approximate surface area is 111 Å². The van der Waals surface area contributed by atoms with Gasteiger partial charge in [0, 0.05) is 18.3 Å². The van der Waals surface area contributed by atoms with Crippen LogP contribution in [0.5, 0.6) is 0 Å². The lowest BCUT2D eigenvalue weighted by Crippen LogP contribution is -2.45. The fourth-order valence-electron chi connectivity index (χ4n) is 1.67. The van der Waals surface area contributed by atoms with E-state index >= 15 is 0 Å². The topological polar surface area (TPSA) is 94.0 Å². The zero-order chi connectivity index (χ0) is 14.0. The molecule has 0 fully saturated rings. The average molecular weight is 262 g/mol. The van der Waals surface area contributed by atoms with E-state index in [9.17, 15) is 4.79 Å². The van der Waals surface area contributed by atoms with Crippen LogP contribution in [-0.2, 0) is 6.42 Å². The maximum atomic E-state index is 12.0. The number of hydrogen-bond acceptors (Lipinski definition) is 5. The lowest BCUT2D eigenvalue weighted by atomic mass is 10.1. The molecule has 0 saturated carbocycles. The number of fused-ring (bicyclic) bond motifs is 1. The molecule has 2 aromatic heterocycles. The normalized spacial score (nSPS) is 11.8. The van der Waals surface area contributed by atoms with E-state index in [1.54, 1.807) is 6.07 Å². The molecule has 0 bridgehead atoms. The largest absolute Gasteiger partial charge is 0.350 e. The third-order valence-corrected chi connectivity index (χ3v) is 2.71. The second kappa shape index (κ2) is 4.97. The van der Waals surface area contributed by atoms with Gasteiger partial charge in [-0.25, -0.2) is 4.98 Å². The monoisotopic (exact) mass is 262 g/mol. The van der Waals surface area contributed by atoms with Gasteiger partial charge < -0.3 is 15.6 Å². The van der Waals surface area contributed by atoms with E-state index in [0.29, 0.717) is 17.8 Å². The van der Waals surface area contributed by atoms with Crippen molar-refractivity contribution in [2.24, 2.45) is 5.73 Å². The number of nitrogens with zero attached hydrogens (tertiary/aromatic N) is 2. The molecule has 3 N–H and O–H groups in total. The van der Waals surface area contributed by atoms with Gasteiger partial charge in [0.15, 0.2) is 0 Å². The maximum Gasteiger partial charge on any atom is 0.257 e. The van der Waals surface area contributed by atoms with Crippen LogP contribution in [0.4, 0.5) is 0 Å². The molecule has 102 valence electrons. The molecule has 0 radical (unpaired) electrons. The van der Waals surface area contributed by atoms with E-state index < -0.39 is 5.54 Å². The zero-order valence-corrected chi connectivity index (χ0v) is 11.4. The standard InChI is InChI=1S/C13H18N4O2/c1-4-10-9-5-8(6-15-12(9)19-17-10)11(18)16-7-13(2,3)14/h5-6H,4,7,14H2,1-3H3,(H,16,18). The SMILES string of the molecule is CCc1noc2ncc(C(=O)NCC(C)(C)N)cc12. The highest BCUT2D eigenvalue weighted by molar-refractivity contribution is 5.97. The lowest BCUT2D eigenvalue weighted by Gasteiger charge is -2.18. The first-order valence-corrected chi connectivity index (χ1v) is 6.22. The first-order valence-electron chi connectivity index (χ1n) is 6.22. The van der Waals surface area contributed by atoms with Crippen molar-refractivity contribution >= 4 is 17.0 Å². The minimum Gasteiger partial charge on any atom is -0.350 e. The van der Waals surface area contributed by atoms with E-state index in [2.05, 4.69) is 15.5 Å². The lowest BCUT2D eigenvalue weighted by molar-refractivity contribution is 0.0946. The third-order valence-electron chi connectivity index (χ3n) is 2.71. The Balaban J connectivity index is 2.22. The summed E-state index contributed by atoms with van der Waals surface area (Å²) in [5.74, 6) is -0.198. The van der Waals surface area contributed by atoms with Crippen LogP contribution in [0.15, 0.2) is 16.8 Å². The fourth-order valence-corrected chi connectivity index (χ4v) is 1.67. The maximum absolute atomic E-state index is 12.0. The van der Waals surface area contributed by atoms with Gasteiger partial charge in [-0.2, -0.15) is 0 Å². The highest BCUT2D eigenvalue weighted by Crippen LogP contribution is 2.18. The Bertz CT molecular complexity index is 598. The summed E-state index contributed by atoms with van der Waals surface area (Å²) in [5, 5.41) is 7.47. The van der Waals surface area contributed by atoms with E-state index in [1.807, 2.05) is 20.8 Å². The van der Waals surface area contributed by atoms with Crippen molar-refractivity contribution < 1.29 is 9.32 Å². The number of amides is 1. The number of carbonyl (C=O) groups excluding carboxylic acids is 1. The van der Waals surface area contributed by atoms with Crippen molar-refractivity contribution in [3.8, 4) is 0 Å². The van der Waals surface area contributed by atoms with Crippen molar-refractivity contribution in [1.82, 2.24) is 15.5 Å². The quantitative estimate of drug-likeness (QED) is 0.864. The molecule has 19 heavy (non-hydrogen) atoms. The number of hydrogen-bond donors (Lipinski definition) is 2. The molecule has 0 unspecified atom stereocenters. The number of nitrogens with one attached hydrogen (secondary N) is 1. The smallest absolute Gasteiger partial charge is 0.257 e. The minimum atomic E-state index is -0.445. The number of rotatable bonds is 4. The van der Waals surface area contributed by atoms with Crippen LogP contribution in [0.1, 0.15) is 36.8 Å². The first-order chi connectivity index (χ1) is 8.90. The molecule has 0 spiro atoms. The van der Waals surface area contributed by atoms with Crippen molar-refractivity contribution in [3.63, 3.8) is 0 Å². The van der Waals surface area contributed by atoms with Gasteiger partial charge in [0.05, 0.1) is 16.6 Å². The van der Waals surface area contributed by atoms with Crippen LogP contribution in [0.3, 0.4) is 0 Å². The Morgan fingerprint density at radius 2 is 2.26 bits per heavy atom. The number of nitrogens with two attached hydrogens (primary N) is 1. The van der Waals surface area contributed by atoms with Crippen LogP contribution in [0.25, 0.3) is 11.1 Å². The molecule has 0 atom stereocenters. The minimum absolute atomic E-state index is 0.198. The van der Waals surface area contributed by atoms with Crippen LogP contribution in [0, 0.1) is 0 Å². The Hall–Kier alpha value is -1.95. The van der Waals surface area contributed by atoms with Crippen LogP contribution in [0.2, 0.25) is 0 Å². The van der Waals surface area contributed by atoms with Crippen molar-refractivity contribution in [2.75, 3.05) is 6.54 Å². The van der Waals surface area contributed by atoms with E-state index in [1.165, 1.54) is 6.20 Å². The zero-order valence-electron chi connectivity index (χ0n) is 11.4. The molecule has 0 aliphatic heterocycles. The van der Waals surface area contributed by atoms with Gasteiger partial charge in [-0.15, -0.1) is 0 Å². The fraction of sp³-hybridized carbons (Fsp3) is 0.462. The van der Waals surface area contributed by atoms with E-state index in [0.717, 1.165) is 17.5 Å². The molecular formula is C13H18N4O2. The van der Waals surface area contributed by atoms with Gasteiger partial charge in [0.2, 0.25) is 0 Å². The number of aryl methyl sites for hydroxylation is 1. The van der Waals surface area contributed by atoms with Crippen LogP contribution in [-0.4, -0.2) is 28.1 Å². The molecular weight excluding hydrogens is 244 g/mol. The summed E-state index contributed by atoms with van der Waals surface area (Å²) >= 11 is 0. The summed E-state index contributed by atoms with van der Waals surface area (Å²) in [6, 6.07) is 1.75. The third kappa shape index (κ3) is 3.08. The molecule has 0 aliphatic rings. The number of aromatic nitrogens is 2. The molecule has 0 saturated heterocycles. The van der Waals surface area contributed by atoms with Gasteiger partial charge in [-0.1, -0.05) is 12.1 Å². The summed E-state index contributed by atoms with van der Waals surface area (Å²) in [6.45, 7) is 6.07. The van der Waals surface area contributed by atoms with Gasteiger partial charge in [-0.05, 0) is 26.3 Å². The van der Waals surface area contributed by atoms with Crippen molar-refractivity contribution in [1.29, 1.82) is 0 Å². The molecule has 6 heteroatoms. The Kier molecular flexibility index (Phi) is 3.53.